The van der Waals surface area contributed by atoms with Crippen LogP contribution in [-0.4, -0.2) is 49.6 Å². The molecule has 8 heteroatoms. The normalized spacial score (nSPS) is 15.0. The number of carbonyl (C=O) groups is 1. The smallest absolute Gasteiger partial charge is 0.319 e. The molecule has 1 heterocycles. The second kappa shape index (κ2) is 14.0. The van der Waals surface area contributed by atoms with Crippen molar-refractivity contribution in [1.29, 1.82) is 0 Å². The van der Waals surface area contributed by atoms with Gasteiger partial charge in [-0.15, -0.1) is 24.0 Å². The molecule has 1 aliphatic rings. The van der Waals surface area contributed by atoms with Crippen LogP contribution < -0.4 is 21.3 Å². The van der Waals surface area contributed by atoms with E-state index in [-0.39, 0.29) is 36.0 Å². The van der Waals surface area contributed by atoms with Crippen LogP contribution in [0, 0.1) is 0 Å². The molecule has 3 rings (SSSR count). The molecular weight excluding hydrogens is 527 g/mol. The number of halogens is 1. The Bertz CT molecular complexity index is 866. The molecule has 0 bridgehead atoms. The minimum Gasteiger partial charge on any atom is -0.354 e. The Hall–Kier alpha value is -2.33. The number of nitrogens with zero attached hydrogens (tertiary/aromatic N) is 2. The second-order valence-corrected chi connectivity index (χ2v) is 8.43. The van der Waals surface area contributed by atoms with Crippen molar-refractivity contribution in [2.75, 3.05) is 32.0 Å². The van der Waals surface area contributed by atoms with Gasteiger partial charge >= 0.3 is 6.03 Å². The number of nitrogens with one attached hydrogen (secondary N) is 4. The molecular formula is C25H37IN6O. The predicted molar refractivity (Wildman–Crippen MR) is 147 cm³/mol. The second-order valence-electron chi connectivity index (χ2n) is 8.43. The number of carbonyl (C=O) groups excluding carboxylic acids is 1. The van der Waals surface area contributed by atoms with E-state index in [0.717, 1.165) is 36.8 Å². The molecule has 1 aliphatic heterocycles. The minimum atomic E-state index is -0.193. The number of hydrogen-bond donors (Lipinski definition) is 4. The first-order chi connectivity index (χ1) is 15.5. The molecule has 0 saturated carbocycles. The Morgan fingerprint density at radius 1 is 1.00 bits per heavy atom. The topological polar surface area (TPSA) is 80.8 Å². The number of amides is 2. The number of rotatable bonds is 8. The number of benzene rings is 2. The van der Waals surface area contributed by atoms with Crippen molar-refractivity contribution in [3.05, 3.63) is 65.7 Å². The summed E-state index contributed by atoms with van der Waals surface area (Å²) in [5.41, 5.74) is 3.22. The number of guanidine groups is 1. The molecule has 2 aromatic carbocycles. The maximum absolute atomic E-state index is 11.8. The van der Waals surface area contributed by atoms with Crippen molar-refractivity contribution < 1.29 is 4.79 Å². The van der Waals surface area contributed by atoms with Gasteiger partial charge in [-0.05, 0) is 63.0 Å². The molecule has 1 atom stereocenters. The predicted octanol–water partition coefficient (Wildman–Crippen LogP) is 4.34. The van der Waals surface area contributed by atoms with Gasteiger partial charge in [-0.25, -0.2) is 4.79 Å². The molecule has 1 unspecified atom stereocenters. The molecule has 2 amide bonds. The fourth-order valence-electron chi connectivity index (χ4n) is 3.92. The Kier molecular flexibility index (Phi) is 11.5. The lowest BCUT2D eigenvalue weighted by Gasteiger charge is -2.29. The average molecular weight is 565 g/mol. The number of hydrogen-bond acceptors (Lipinski definition) is 3. The molecule has 0 radical (unpaired) electrons. The van der Waals surface area contributed by atoms with E-state index in [0.29, 0.717) is 12.6 Å². The molecule has 0 aliphatic carbocycles. The fraction of sp³-hybridized carbons (Fsp3) is 0.440. The van der Waals surface area contributed by atoms with Crippen LogP contribution in [0.3, 0.4) is 0 Å². The van der Waals surface area contributed by atoms with Gasteiger partial charge < -0.3 is 21.3 Å². The summed E-state index contributed by atoms with van der Waals surface area (Å²) in [7, 11) is 1.79. The van der Waals surface area contributed by atoms with E-state index in [1.54, 1.807) is 7.05 Å². The third-order valence-electron chi connectivity index (χ3n) is 5.54. The third kappa shape index (κ3) is 8.85. The zero-order valence-corrected chi connectivity index (χ0v) is 22.1. The Morgan fingerprint density at radius 3 is 2.27 bits per heavy atom. The van der Waals surface area contributed by atoms with Gasteiger partial charge in [-0.2, -0.15) is 0 Å². The monoisotopic (exact) mass is 564 g/mol. The fourth-order valence-corrected chi connectivity index (χ4v) is 3.92. The Labute approximate surface area is 214 Å². The molecule has 1 fully saturated rings. The van der Waals surface area contributed by atoms with Crippen molar-refractivity contribution in [3.63, 3.8) is 0 Å². The van der Waals surface area contributed by atoms with Gasteiger partial charge in [-0.1, -0.05) is 42.5 Å². The van der Waals surface area contributed by atoms with E-state index in [4.69, 9.17) is 0 Å². The van der Waals surface area contributed by atoms with Crippen LogP contribution in [0.5, 0.6) is 0 Å². The first kappa shape index (κ1) is 26.9. The number of likely N-dealkylation sites (tertiary alicyclic amines) is 1. The van der Waals surface area contributed by atoms with Crippen LogP contribution in [0.25, 0.3) is 0 Å². The molecule has 0 spiro atoms. The standard InChI is InChI=1S/C25H36N6O.HI/c1-19(2)29-25(32)30-22-13-11-20(12-14-22)17-27-24(26-3)28-18-23(31-15-7-8-16-31)21-9-5-4-6-10-21;/h4-6,9-14,19,23H,7-8,15-18H2,1-3H3,(H2,26,27,28)(H2,29,30,32);1H. The molecule has 7 nitrogen and oxygen atoms in total. The van der Waals surface area contributed by atoms with Gasteiger partial charge in [0, 0.05) is 31.9 Å². The number of urea groups is 1. The van der Waals surface area contributed by atoms with Crippen LogP contribution in [0.15, 0.2) is 59.6 Å². The zero-order chi connectivity index (χ0) is 22.8. The lowest BCUT2D eigenvalue weighted by molar-refractivity contribution is 0.245. The highest BCUT2D eigenvalue weighted by atomic mass is 127. The highest BCUT2D eigenvalue weighted by Gasteiger charge is 2.23. The Balaban J connectivity index is 0.00000385. The van der Waals surface area contributed by atoms with Crippen molar-refractivity contribution in [3.8, 4) is 0 Å². The third-order valence-corrected chi connectivity index (χ3v) is 5.54. The summed E-state index contributed by atoms with van der Waals surface area (Å²) in [5, 5.41) is 12.6. The maximum Gasteiger partial charge on any atom is 0.319 e. The first-order valence-corrected chi connectivity index (χ1v) is 11.4. The summed E-state index contributed by atoms with van der Waals surface area (Å²) in [6, 6.07) is 18.8. The van der Waals surface area contributed by atoms with Crippen molar-refractivity contribution >= 4 is 41.7 Å². The van der Waals surface area contributed by atoms with Crippen molar-refractivity contribution in [2.24, 2.45) is 4.99 Å². The van der Waals surface area contributed by atoms with E-state index >= 15 is 0 Å². The van der Waals surface area contributed by atoms with Crippen molar-refractivity contribution in [2.45, 2.75) is 45.3 Å². The number of anilines is 1. The minimum absolute atomic E-state index is 0. The maximum atomic E-state index is 11.8. The van der Waals surface area contributed by atoms with Crippen LogP contribution in [0.4, 0.5) is 10.5 Å². The summed E-state index contributed by atoms with van der Waals surface area (Å²) in [4.78, 5) is 18.8. The van der Waals surface area contributed by atoms with E-state index in [9.17, 15) is 4.79 Å². The van der Waals surface area contributed by atoms with Crippen LogP contribution in [-0.2, 0) is 6.54 Å². The summed E-state index contributed by atoms with van der Waals surface area (Å²) in [6.07, 6.45) is 2.53. The summed E-state index contributed by atoms with van der Waals surface area (Å²) < 4.78 is 0. The van der Waals surface area contributed by atoms with Gasteiger partial charge in [0.05, 0.1) is 6.04 Å². The van der Waals surface area contributed by atoms with E-state index < -0.39 is 0 Å². The highest BCUT2D eigenvalue weighted by molar-refractivity contribution is 14.0. The van der Waals surface area contributed by atoms with Crippen molar-refractivity contribution in [1.82, 2.24) is 20.9 Å². The van der Waals surface area contributed by atoms with E-state index in [2.05, 4.69) is 61.5 Å². The quantitative estimate of drug-likeness (QED) is 0.219. The highest BCUT2D eigenvalue weighted by Crippen LogP contribution is 2.24. The van der Waals surface area contributed by atoms with E-state index in [1.807, 2.05) is 38.1 Å². The lowest BCUT2D eigenvalue weighted by atomic mass is 10.1. The summed E-state index contributed by atoms with van der Waals surface area (Å²) >= 11 is 0. The zero-order valence-electron chi connectivity index (χ0n) is 19.8. The van der Waals surface area contributed by atoms with Crippen LogP contribution >= 0.6 is 24.0 Å². The van der Waals surface area contributed by atoms with E-state index in [1.165, 1.54) is 18.4 Å². The molecule has 0 aromatic heterocycles. The molecule has 2 aromatic rings. The largest absolute Gasteiger partial charge is 0.354 e. The first-order valence-electron chi connectivity index (χ1n) is 11.4. The van der Waals surface area contributed by atoms with Gasteiger partial charge in [0.15, 0.2) is 5.96 Å². The van der Waals surface area contributed by atoms with Gasteiger partial charge in [0.1, 0.15) is 0 Å². The average Bonchev–Trinajstić information content (AvgIpc) is 3.32. The lowest BCUT2D eigenvalue weighted by Crippen LogP contribution is -2.42. The van der Waals surface area contributed by atoms with Crippen LogP contribution in [0.2, 0.25) is 0 Å². The summed E-state index contributed by atoms with van der Waals surface area (Å²) in [5.74, 6) is 0.781. The summed E-state index contributed by atoms with van der Waals surface area (Å²) in [6.45, 7) is 7.60. The molecule has 4 N–H and O–H groups in total. The molecule has 180 valence electrons. The molecule has 1 saturated heterocycles. The SMILES string of the molecule is CN=C(NCc1ccc(NC(=O)NC(C)C)cc1)NCC(c1ccccc1)N1CCCC1.I. The van der Waals surface area contributed by atoms with Gasteiger partial charge in [-0.3, -0.25) is 9.89 Å². The van der Waals surface area contributed by atoms with Gasteiger partial charge in [0.2, 0.25) is 0 Å². The molecule has 33 heavy (non-hydrogen) atoms. The Morgan fingerprint density at radius 2 is 1.67 bits per heavy atom. The van der Waals surface area contributed by atoms with Crippen LogP contribution in [0.1, 0.15) is 43.9 Å². The van der Waals surface area contributed by atoms with Gasteiger partial charge in [0.25, 0.3) is 0 Å². The number of aliphatic imine (C=N–C) groups is 1.